The molecule has 4 amide bonds. The maximum atomic E-state index is 13.7. The molecule has 0 saturated carbocycles. The Morgan fingerprint density at radius 2 is 1.41 bits per heavy atom. The Hall–Kier alpha value is -6.12. The highest BCUT2D eigenvalue weighted by Gasteiger charge is 2.33. The number of ether oxygens (including phenoxy) is 2. The van der Waals surface area contributed by atoms with Crippen molar-refractivity contribution in [1.82, 2.24) is 40.8 Å². The number of fused-ring (bicyclic) bond motifs is 1. The smallest absolute Gasteiger partial charge is 0.407 e. The molecule has 3 atom stereocenters. The Labute approximate surface area is 339 Å². The number of methoxy groups -OCH3 is 2. The molecule has 0 aliphatic rings. The first-order valence-electron chi connectivity index (χ1n) is 19.8. The Balaban J connectivity index is 1.23. The van der Waals surface area contributed by atoms with Crippen LogP contribution in [0.5, 0.6) is 0 Å². The summed E-state index contributed by atoms with van der Waals surface area (Å²) in [4.78, 5) is 67.8. The molecule has 3 heterocycles. The number of nitrogens with zero attached hydrogens (tertiary/aromatic N) is 3. The molecular weight excluding hydrogens is 741 g/mol. The second-order valence-corrected chi connectivity index (χ2v) is 15.0. The summed E-state index contributed by atoms with van der Waals surface area (Å²) in [7, 11) is 2.55. The first kappa shape index (κ1) is 43.0. The van der Waals surface area contributed by atoms with Crippen molar-refractivity contribution in [3.05, 3.63) is 72.8 Å². The number of aryl methyl sites for hydroxylation is 1. The molecule has 310 valence electrons. The van der Waals surface area contributed by atoms with Gasteiger partial charge in [0.25, 0.3) is 0 Å². The molecule has 15 nitrogen and oxygen atoms in total. The summed E-state index contributed by atoms with van der Waals surface area (Å²) in [6.45, 7) is 12.4. The molecule has 3 aromatic heterocycles. The van der Waals surface area contributed by atoms with Gasteiger partial charge >= 0.3 is 12.2 Å². The van der Waals surface area contributed by atoms with E-state index in [1.54, 1.807) is 17.4 Å². The van der Waals surface area contributed by atoms with Gasteiger partial charge in [0.2, 0.25) is 11.8 Å². The van der Waals surface area contributed by atoms with Gasteiger partial charge in [-0.15, -0.1) is 0 Å². The zero-order valence-electron chi connectivity index (χ0n) is 34.6. The summed E-state index contributed by atoms with van der Waals surface area (Å²) in [5.41, 5.74) is 6.29. The van der Waals surface area contributed by atoms with Crippen molar-refractivity contribution in [2.45, 2.75) is 85.4 Å². The molecule has 58 heavy (non-hydrogen) atoms. The van der Waals surface area contributed by atoms with Crippen LogP contribution in [0.2, 0.25) is 0 Å². The number of imidazole rings is 2. The van der Waals surface area contributed by atoms with Crippen molar-refractivity contribution in [2.24, 2.45) is 11.8 Å². The van der Waals surface area contributed by atoms with Crippen LogP contribution in [0.4, 0.5) is 9.59 Å². The zero-order chi connectivity index (χ0) is 41.9. The maximum absolute atomic E-state index is 13.7. The summed E-state index contributed by atoms with van der Waals surface area (Å²) in [5, 5.41) is 9.10. The molecule has 0 saturated heterocycles. The summed E-state index contributed by atoms with van der Waals surface area (Å²) in [5.74, 6) is 0.840. The summed E-state index contributed by atoms with van der Waals surface area (Å²) in [6, 6.07) is 12.5. The number of furan rings is 1. The van der Waals surface area contributed by atoms with Gasteiger partial charge in [-0.2, -0.15) is 0 Å². The number of H-pyrrole nitrogens is 2. The predicted octanol–water partition coefficient (Wildman–Crippen LogP) is 7.38. The SMILES string of the molecule is CCCN(C(=O)C(NC(=O)OC)C(C)C)C(C)c1ncc(-c2ccc(-c3ccc(-c4cnc(CCCCNC(=O)C(NC(=O)OC)C(C)C)[nH]4)cc3)c3occc23)[nH]1. The standard InChI is InChI=1S/C43H56N8O7/c1-9-21-51(41(53)37(26(4)5)50-43(55)57-8)27(6)39-46-24-34(48-39)31-18-17-30(38-32(31)19-22-58-38)28-13-15-29(16-14-28)33-23-45-35(47-33)12-10-11-20-44-40(52)36(25(2)3)49-42(54)56-7/h13-19,22-27,36-37H,9-12,20-21H2,1-8H3,(H,44,52)(H,45,47)(H,46,48)(H,49,54)(H,50,55). The highest BCUT2D eigenvalue weighted by atomic mass is 16.5. The number of carbonyl (C=O) groups excluding carboxylic acids is 4. The largest absolute Gasteiger partial charge is 0.464 e. The second kappa shape index (κ2) is 19.8. The number of amides is 4. The Kier molecular flexibility index (Phi) is 14.7. The predicted molar refractivity (Wildman–Crippen MR) is 222 cm³/mol. The number of nitrogens with one attached hydrogen (secondary N) is 5. The third kappa shape index (κ3) is 10.2. The lowest BCUT2D eigenvalue weighted by Crippen LogP contribution is -2.52. The third-order valence-corrected chi connectivity index (χ3v) is 10.2. The van der Waals surface area contributed by atoms with Gasteiger partial charge < -0.3 is 44.7 Å². The van der Waals surface area contributed by atoms with Crippen LogP contribution in [0.25, 0.3) is 44.6 Å². The summed E-state index contributed by atoms with van der Waals surface area (Å²) in [6.07, 6.45) is 7.05. The fraction of sp³-hybridized carbons (Fsp3) is 0.442. The van der Waals surface area contributed by atoms with E-state index in [0.29, 0.717) is 18.9 Å². The van der Waals surface area contributed by atoms with Crippen molar-refractivity contribution in [2.75, 3.05) is 27.3 Å². The Bertz CT molecular complexity index is 2150. The molecule has 0 bridgehead atoms. The fourth-order valence-electron chi connectivity index (χ4n) is 6.90. The lowest BCUT2D eigenvalue weighted by molar-refractivity contribution is -0.136. The van der Waals surface area contributed by atoms with Gasteiger partial charge in [0.05, 0.1) is 50.3 Å². The van der Waals surface area contributed by atoms with Gasteiger partial charge in [-0.05, 0) is 61.3 Å². The molecule has 0 spiro atoms. The minimum atomic E-state index is -0.742. The molecular formula is C43H56N8O7. The minimum absolute atomic E-state index is 0.0777. The molecule has 5 rings (SSSR count). The van der Waals surface area contributed by atoms with Crippen LogP contribution in [0.3, 0.4) is 0 Å². The normalized spacial score (nSPS) is 12.9. The topological polar surface area (TPSA) is 197 Å². The minimum Gasteiger partial charge on any atom is -0.464 e. The molecule has 3 unspecified atom stereocenters. The van der Waals surface area contributed by atoms with Crippen LogP contribution in [0.15, 0.2) is 65.5 Å². The number of unbranched alkanes of at least 4 members (excludes halogenated alkanes) is 1. The van der Waals surface area contributed by atoms with E-state index in [1.807, 2.05) is 65.9 Å². The van der Waals surface area contributed by atoms with Crippen molar-refractivity contribution in [3.8, 4) is 33.6 Å². The van der Waals surface area contributed by atoms with E-state index in [9.17, 15) is 19.2 Å². The second-order valence-electron chi connectivity index (χ2n) is 15.0. The molecule has 5 N–H and O–H groups in total. The lowest BCUT2D eigenvalue weighted by atomic mass is 9.98. The van der Waals surface area contributed by atoms with Gasteiger partial charge in [-0.1, -0.05) is 65.0 Å². The van der Waals surface area contributed by atoms with Crippen LogP contribution >= 0.6 is 0 Å². The van der Waals surface area contributed by atoms with Crippen molar-refractivity contribution in [1.29, 1.82) is 0 Å². The third-order valence-electron chi connectivity index (χ3n) is 10.2. The number of benzene rings is 2. The monoisotopic (exact) mass is 796 g/mol. The molecule has 0 radical (unpaired) electrons. The highest BCUT2D eigenvalue weighted by Crippen LogP contribution is 2.37. The zero-order valence-corrected chi connectivity index (χ0v) is 34.6. The average molecular weight is 797 g/mol. The van der Waals surface area contributed by atoms with E-state index < -0.39 is 24.3 Å². The van der Waals surface area contributed by atoms with Gasteiger partial charge in [-0.3, -0.25) is 9.59 Å². The fourth-order valence-corrected chi connectivity index (χ4v) is 6.90. The van der Waals surface area contributed by atoms with E-state index in [1.165, 1.54) is 14.2 Å². The Morgan fingerprint density at radius 1 is 0.776 bits per heavy atom. The van der Waals surface area contributed by atoms with Gasteiger partial charge in [0.1, 0.15) is 29.3 Å². The molecule has 2 aromatic carbocycles. The van der Waals surface area contributed by atoms with E-state index in [0.717, 1.165) is 76.1 Å². The first-order valence-corrected chi connectivity index (χ1v) is 19.8. The number of hydrogen-bond donors (Lipinski definition) is 5. The molecule has 0 fully saturated rings. The van der Waals surface area contributed by atoms with Gasteiger partial charge in [0.15, 0.2) is 0 Å². The van der Waals surface area contributed by atoms with Crippen LogP contribution in [0.1, 0.15) is 78.5 Å². The molecule has 0 aliphatic heterocycles. The summed E-state index contributed by atoms with van der Waals surface area (Å²) < 4.78 is 15.5. The van der Waals surface area contributed by atoms with Crippen LogP contribution < -0.4 is 16.0 Å². The number of carbonyl (C=O) groups is 4. The van der Waals surface area contributed by atoms with Crippen LogP contribution in [0, 0.1) is 11.8 Å². The molecule has 15 heteroatoms. The number of alkyl carbamates (subject to hydrolysis) is 2. The lowest BCUT2D eigenvalue weighted by Gasteiger charge is -2.33. The molecule has 0 aliphatic carbocycles. The van der Waals surface area contributed by atoms with Crippen molar-refractivity contribution in [3.63, 3.8) is 0 Å². The van der Waals surface area contributed by atoms with E-state index >= 15 is 0 Å². The number of aromatic amines is 2. The highest BCUT2D eigenvalue weighted by molar-refractivity contribution is 6.01. The van der Waals surface area contributed by atoms with Crippen molar-refractivity contribution < 1.29 is 33.1 Å². The maximum Gasteiger partial charge on any atom is 0.407 e. The first-order chi connectivity index (χ1) is 27.9. The quantitative estimate of drug-likeness (QED) is 0.0562. The molecule has 5 aromatic rings. The average Bonchev–Trinajstić information content (AvgIpc) is 4.02. The summed E-state index contributed by atoms with van der Waals surface area (Å²) >= 11 is 0. The number of aromatic nitrogens is 4. The van der Waals surface area contributed by atoms with Crippen molar-refractivity contribution >= 4 is 35.0 Å². The number of rotatable bonds is 18. The van der Waals surface area contributed by atoms with Gasteiger partial charge in [-0.25, -0.2) is 19.6 Å². The van der Waals surface area contributed by atoms with Crippen LogP contribution in [-0.2, 0) is 25.5 Å². The van der Waals surface area contributed by atoms with E-state index in [2.05, 4.69) is 59.9 Å². The Morgan fingerprint density at radius 3 is 2.07 bits per heavy atom. The van der Waals surface area contributed by atoms with Crippen LogP contribution in [-0.4, -0.2) is 88.2 Å². The van der Waals surface area contributed by atoms with Gasteiger partial charge in [0, 0.05) is 36.0 Å². The number of hydrogen-bond acceptors (Lipinski definition) is 9. The van der Waals surface area contributed by atoms with E-state index in [-0.39, 0.29) is 29.7 Å². The van der Waals surface area contributed by atoms with E-state index in [4.69, 9.17) is 14.1 Å².